The van der Waals surface area contributed by atoms with Crippen molar-refractivity contribution in [3.63, 3.8) is 0 Å². The molecule has 1 fully saturated rings. The Kier molecular flexibility index (Phi) is 6.48. The van der Waals surface area contributed by atoms with Gasteiger partial charge >= 0.3 is 0 Å². The molecular formula is C18H17BrCl2N2O3S. The Hall–Kier alpha value is -1.12. The summed E-state index contributed by atoms with van der Waals surface area (Å²) in [5.41, 5.74) is 0.620. The van der Waals surface area contributed by atoms with E-state index in [1.165, 1.54) is 16.4 Å². The van der Waals surface area contributed by atoms with Gasteiger partial charge in [0, 0.05) is 23.2 Å². The van der Waals surface area contributed by atoms with Crippen LogP contribution in [0.25, 0.3) is 0 Å². The second-order valence-electron chi connectivity index (χ2n) is 6.19. The lowest BCUT2D eigenvalue weighted by Crippen LogP contribution is -2.35. The van der Waals surface area contributed by atoms with Gasteiger partial charge < -0.3 is 5.32 Å². The van der Waals surface area contributed by atoms with E-state index in [0.29, 0.717) is 18.8 Å². The standard InChI is InChI=1S/C18H17BrCl2N2O3S/c19-12-4-6-13(7-5-12)22-18(24)14-10-17(16(21)11-15(14)20)27(25,26)23-8-2-1-3-9-23/h4-7,10-11H,1-3,8-9H2,(H,22,24). The first-order valence-corrected chi connectivity index (χ1v) is 11.3. The molecule has 0 bridgehead atoms. The highest BCUT2D eigenvalue weighted by atomic mass is 79.9. The maximum absolute atomic E-state index is 13.0. The van der Waals surface area contributed by atoms with Gasteiger partial charge in [-0.3, -0.25) is 4.79 Å². The molecule has 27 heavy (non-hydrogen) atoms. The lowest BCUT2D eigenvalue weighted by atomic mass is 10.2. The van der Waals surface area contributed by atoms with Gasteiger partial charge in [0.15, 0.2) is 0 Å². The molecule has 9 heteroatoms. The number of piperidine rings is 1. The molecular weight excluding hydrogens is 475 g/mol. The van der Waals surface area contributed by atoms with E-state index >= 15 is 0 Å². The SMILES string of the molecule is O=C(Nc1ccc(Br)cc1)c1cc(S(=O)(=O)N2CCCCC2)c(Cl)cc1Cl. The average Bonchev–Trinajstić information content (AvgIpc) is 2.64. The van der Waals surface area contributed by atoms with E-state index in [-0.39, 0.29) is 20.5 Å². The van der Waals surface area contributed by atoms with E-state index in [9.17, 15) is 13.2 Å². The number of rotatable bonds is 4. The van der Waals surface area contributed by atoms with Gasteiger partial charge in [0.25, 0.3) is 5.91 Å². The Labute approximate surface area is 176 Å². The minimum absolute atomic E-state index is 0.00534. The number of carbonyl (C=O) groups is 1. The first-order valence-electron chi connectivity index (χ1n) is 8.35. The summed E-state index contributed by atoms with van der Waals surface area (Å²) >= 11 is 15.6. The van der Waals surface area contributed by atoms with Gasteiger partial charge in [-0.1, -0.05) is 45.6 Å². The number of carbonyl (C=O) groups excluding carboxylic acids is 1. The molecule has 0 unspecified atom stereocenters. The van der Waals surface area contributed by atoms with Crippen molar-refractivity contribution >= 4 is 60.7 Å². The van der Waals surface area contributed by atoms with Crippen molar-refractivity contribution in [1.82, 2.24) is 4.31 Å². The molecule has 2 aromatic rings. The number of anilines is 1. The Balaban J connectivity index is 1.93. The molecule has 1 aliphatic rings. The highest BCUT2D eigenvalue weighted by molar-refractivity contribution is 9.10. The summed E-state index contributed by atoms with van der Waals surface area (Å²) in [6.45, 7) is 0.892. The van der Waals surface area contributed by atoms with Crippen LogP contribution in [-0.4, -0.2) is 31.7 Å². The smallest absolute Gasteiger partial charge is 0.257 e. The van der Waals surface area contributed by atoms with Crippen molar-refractivity contribution in [2.45, 2.75) is 24.2 Å². The summed E-state index contributed by atoms with van der Waals surface area (Å²) in [4.78, 5) is 12.5. The van der Waals surface area contributed by atoms with Crippen LogP contribution < -0.4 is 5.32 Å². The minimum atomic E-state index is -3.79. The largest absolute Gasteiger partial charge is 0.322 e. The molecule has 0 aromatic heterocycles. The van der Waals surface area contributed by atoms with E-state index in [4.69, 9.17) is 23.2 Å². The molecule has 0 saturated carbocycles. The molecule has 3 rings (SSSR count). The fraction of sp³-hybridized carbons (Fsp3) is 0.278. The van der Waals surface area contributed by atoms with E-state index in [2.05, 4.69) is 21.2 Å². The molecule has 5 nitrogen and oxygen atoms in total. The summed E-state index contributed by atoms with van der Waals surface area (Å²) < 4.78 is 28.2. The first kappa shape index (κ1) is 20.6. The van der Waals surface area contributed by atoms with Gasteiger partial charge in [0.1, 0.15) is 4.90 Å². The third kappa shape index (κ3) is 4.66. The molecule has 0 spiro atoms. The Bertz CT molecular complexity index is 959. The topological polar surface area (TPSA) is 66.5 Å². The molecule has 0 atom stereocenters. The van der Waals surface area contributed by atoms with Crippen LogP contribution in [0.15, 0.2) is 45.8 Å². The number of nitrogens with one attached hydrogen (secondary N) is 1. The second-order valence-corrected chi connectivity index (χ2v) is 9.82. The third-order valence-corrected chi connectivity index (χ3v) is 7.51. The predicted molar refractivity (Wildman–Crippen MR) is 111 cm³/mol. The molecule has 1 N–H and O–H groups in total. The van der Waals surface area contributed by atoms with Crippen molar-refractivity contribution < 1.29 is 13.2 Å². The lowest BCUT2D eigenvalue weighted by molar-refractivity contribution is 0.102. The van der Waals surface area contributed by atoms with Crippen molar-refractivity contribution in [3.8, 4) is 0 Å². The van der Waals surface area contributed by atoms with Crippen molar-refractivity contribution in [2.24, 2.45) is 0 Å². The van der Waals surface area contributed by atoms with Gasteiger partial charge in [-0.2, -0.15) is 4.31 Å². The maximum atomic E-state index is 13.0. The number of amides is 1. The zero-order valence-electron chi connectivity index (χ0n) is 14.2. The first-order chi connectivity index (χ1) is 12.8. The number of hydrogen-bond acceptors (Lipinski definition) is 3. The van der Waals surface area contributed by atoms with Crippen LogP contribution in [-0.2, 0) is 10.0 Å². The minimum Gasteiger partial charge on any atom is -0.322 e. The maximum Gasteiger partial charge on any atom is 0.257 e. The van der Waals surface area contributed by atoms with E-state index in [1.54, 1.807) is 24.3 Å². The number of sulfonamides is 1. The van der Waals surface area contributed by atoms with Gasteiger partial charge in [0.2, 0.25) is 10.0 Å². The molecule has 2 aromatic carbocycles. The summed E-state index contributed by atoms with van der Waals surface area (Å²) in [6.07, 6.45) is 2.61. The molecule has 1 heterocycles. The Morgan fingerprint density at radius 1 is 1.00 bits per heavy atom. The summed E-state index contributed by atoms with van der Waals surface area (Å²) in [5.74, 6) is -0.505. The zero-order chi connectivity index (χ0) is 19.6. The van der Waals surface area contributed by atoms with Crippen LogP contribution in [0.1, 0.15) is 29.6 Å². The number of halogens is 3. The fourth-order valence-electron chi connectivity index (χ4n) is 2.88. The van der Waals surface area contributed by atoms with Crippen LogP contribution in [0, 0.1) is 0 Å². The summed E-state index contributed by atoms with van der Waals surface area (Å²) in [7, 11) is -3.79. The highest BCUT2D eigenvalue weighted by Gasteiger charge is 2.29. The third-order valence-electron chi connectivity index (χ3n) is 4.30. The zero-order valence-corrected chi connectivity index (χ0v) is 18.1. The van der Waals surface area contributed by atoms with Gasteiger partial charge in [-0.25, -0.2) is 8.42 Å². The fourth-order valence-corrected chi connectivity index (χ4v) is 5.49. The molecule has 1 saturated heterocycles. The second kappa shape index (κ2) is 8.49. The van der Waals surface area contributed by atoms with Crippen LogP contribution in [0.5, 0.6) is 0 Å². The van der Waals surface area contributed by atoms with Crippen molar-refractivity contribution in [1.29, 1.82) is 0 Å². The molecule has 0 aliphatic carbocycles. The van der Waals surface area contributed by atoms with Crippen LogP contribution in [0.4, 0.5) is 5.69 Å². The molecule has 144 valence electrons. The quantitative estimate of drug-likeness (QED) is 0.640. The normalized spacial score (nSPS) is 15.5. The Morgan fingerprint density at radius 2 is 1.63 bits per heavy atom. The molecule has 1 amide bonds. The van der Waals surface area contributed by atoms with Crippen LogP contribution in [0.2, 0.25) is 10.0 Å². The van der Waals surface area contributed by atoms with Gasteiger partial charge in [0.05, 0.1) is 15.6 Å². The lowest BCUT2D eigenvalue weighted by Gasteiger charge is -2.26. The van der Waals surface area contributed by atoms with Crippen LogP contribution >= 0.6 is 39.1 Å². The number of nitrogens with zero attached hydrogens (tertiary/aromatic N) is 1. The van der Waals surface area contributed by atoms with Crippen molar-refractivity contribution in [3.05, 3.63) is 56.5 Å². The van der Waals surface area contributed by atoms with Crippen LogP contribution in [0.3, 0.4) is 0 Å². The monoisotopic (exact) mass is 490 g/mol. The van der Waals surface area contributed by atoms with E-state index in [1.807, 2.05) is 0 Å². The van der Waals surface area contributed by atoms with E-state index in [0.717, 1.165) is 23.7 Å². The average molecular weight is 492 g/mol. The van der Waals surface area contributed by atoms with Gasteiger partial charge in [-0.15, -0.1) is 0 Å². The summed E-state index contributed by atoms with van der Waals surface area (Å²) in [5, 5.41) is 2.80. The van der Waals surface area contributed by atoms with Crippen molar-refractivity contribution in [2.75, 3.05) is 18.4 Å². The Morgan fingerprint density at radius 3 is 2.26 bits per heavy atom. The molecule has 0 radical (unpaired) electrons. The highest BCUT2D eigenvalue weighted by Crippen LogP contribution is 2.32. The van der Waals surface area contributed by atoms with E-state index < -0.39 is 15.9 Å². The summed E-state index contributed by atoms with van der Waals surface area (Å²) in [6, 6.07) is 9.56. The molecule has 1 aliphatic heterocycles. The number of benzene rings is 2. The predicted octanol–water partition coefficient (Wildman–Crippen LogP) is 5.18. The van der Waals surface area contributed by atoms with Gasteiger partial charge in [-0.05, 0) is 49.2 Å². The number of hydrogen-bond donors (Lipinski definition) is 1.